The van der Waals surface area contributed by atoms with E-state index < -0.39 is 5.54 Å². The smallest absolute Gasteiger partial charge is 0.246 e. The highest BCUT2D eigenvalue weighted by Gasteiger charge is 2.40. The fourth-order valence-electron chi connectivity index (χ4n) is 1.36. The van der Waals surface area contributed by atoms with Gasteiger partial charge < -0.3 is 0 Å². The van der Waals surface area contributed by atoms with Gasteiger partial charge in [0, 0.05) is 0 Å². The lowest BCUT2D eigenvalue weighted by Crippen LogP contribution is -2.64. The first-order valence-electron chi connectivity index (χ1n) is 4.43. The maximum Gasteiger partial charge on any atom is 0.246 e. The fraction of sp³-hybridized carbons (Fsp3) is 0.667. The van der Waals surface area contributed by atoms with E-state index in [1.807, 2.05) is 0 Å². The number of hydrogen-bond donors (Lipinski definition) is 1. The van der Waals surface area contributed by atoms with Crippen LogP contribution in [0.2, 0.25) is 0 Å². The second-order valence-corrected chi connectivity index (χ2v) is 3.99. The predicted molar refractivity (Wildman–Crippen MR) is 49.5 cm³/mol. The largest absolute Gasteiger partial charge is 0.299 e. The average Bonchev–Trinajstić information content (AvgIpc) is 1.99. The van der Waals surface area contributed by atoms with Gasteiger partial charge in [0.15, 0.2) is 0 Å². The summed E-state index contributed by atoms with van der Waals surface area (Å²) in [4.78, 5) is 35.0. The molecule has 0 bridgehead atoms. The van der Waals surface area contributed by atoms with Gasteiger partial charge in [-0.1, -0.05) is 0 Å². The van der Waals surface area contributed by atoms with Crippen molar-refractivity contribution in [1.29, 1.82) is 0 Å². The van der Waals surface area contributed by atoms with Crippen molar-refractivity contribution < 1.29 is 14.4 Å². The summed E-state index contributed by atoms with van der Waals surface area (Å²) in [6, 6.07) is 0. The molecule has 0 unspecified atom stereocenters. The molecular weight excluding hydrogens is 184 g/mol. The van der Waals surface area contributed by atoms with Crippen LogP contribution in [0.3, 0.4) is 0 Å². The molecule has 0 aliphatic carbocycles. The summed E-state index contributed by atoms with van der Waals surface area (Å²) in [7, 11) is 0. The van der Waals surface area contributed by atoms with Crippen LogP contribution in [-0.2, 0) is 14.4 Å². The number of piperazine rings is 1. The first kappa shape index (κ1) is 10.8. The molecule has 1 fully saturated rings. The van der Waals surface area contributed by atoms with E-state index in [0.29, 0.717) is 0 Å². The van der Waals surface area contributed by atoms with Crippen molar-refractivity contribution in [2.24, 2.45) is 0 Å². The molecule has 1 aliphatic heterocycles. The highest BCUT2D eigenvalue weighted by atomic mass is 16.2. The quantitative estimate of drug-likeness (QED) is 0.596. The van der Waals surface area contributed by atoms with Crippen LogP contribution in [0.1, 0.15) is 20.8 Å². The normalized spacial score (nSPS) is 21.9. The molecule has 0 radical (unpaired) electrons. The topological polar surface area (TPSA) is 66.5 Å². The SMILES string of the molecule is CC(=O)CN1CC(=O)NC(=O)C1(C)C. The third kappa shape index (κ3) is 1.98. The summed E-state index contributed by atoms with van der Waals surface area (Å²) in [5, 5.41) is 2.24. The summed E-state index contributed by atoms with van der Waals surface area (Å²) in [6.07, 6.45) is 0. The van der Waals surface area contributed by atoms with E-state index in [1.165, 1.54) is 6.92 Å². The molecule has 78 valence electrons. The zero-order valence-electron chi connectivity index (χ0n) is 8.59. The van der Waals surface area contributed by atoms with Gasteiger partial charge in [-0.3, -0.25) is 24.6 Å². The van der Waals surface area contributed by atoms with Gasteiger partial charge in [0.1, 0.15) is 5.78 Å². The van der Waals surface area contributed by atoms with E-state index in [0.717, 1.165) is 0 Å². The standard InChI is InChI=1S/C9H14N2O3/c1-6(12)4-11-5-7(13)10-8(14)9(11,2)3/h4-5H2,1-3H3,(H,10,13,14). The molecule has 2 amide bonds. The molecule has 0 aromatic rings. The number of rotatable bonds is 2. The third-order valence-electron chi connectivity index (χ3n) is 2.35. The number of ketones is 1. The van der Waals surface area contributed by atoms with Gasteiger partial charge in [-0.25, -0.2) is 0 Å². The predicted octanol–water partition coefficient (Wildman–Crippen LogP) is -0.688. The van der Waals surface area contributed by atoms with Crippen molar-refractivity contribution >= 4 is 17.6 Å². The Morgan fingerprint density at radius 1 is 1.50 bits per heavy atom. The number of hydrogen-bond acceptors (Lipinski definition) is 4. The molecule has 0 atom stereocenters. The van der Waals surface area contributed by atoms with Crippen molar-refractivity contribution in [2.45, 2.75) is 26.3 Å². The summed E-state index contributed by atoms with van der Waals surface area (Å²) in [5.41, 5.74) is -0.792. The number of carbonyl (C=O) groups excluding carboxylic acids is 3. The maximum atomic E-state index is 11.4. The number of nitrogens with zero attached hydrogens (tertiary/aromatic N) is 1. The van der Waals surface area contributed by atoms with Crippen LogP contribution in [0.25, 0.3) is 0 Å². The monoisotopic (exact) mass is 198 g/mol. The Morgan fingerprint density at radius 2 is 2.07 bits per heavy atom. The molecule has 5 nitrogen and oxygen atoms in total. The summed E-state index contributed by atoms with van der Waals surface area (Å²) in [6.45, 7) is 5.05. The first-order chi connectivity index (χ1) is 6.34. The van der Waals surface area contributed by atoms with Crippen LogP contribution in [0.4, 0.5) is 0 Å². The zero-order chi connectivity index (χ0) is 10.9. The summed E-state index contributed by atoms with van der Waals surface area (Å²) < 4.78 is 0. The molecule has 1 heterocycles. The van der Waals surface area contributed by atoms with E-state index in [1.54, 1.807) is 18.7 Å². The van der Waals surface area contributed by atoms with Crippen LogP contribution < -0.4 is 5.32 Å². The van der Waals surface area contributed by atoms with Gasteiger partial charge in [0.05, 0.1) is 18.6 Å². The highest BCUT2D eigenvalue weighted by Crippen LogP contribution is 2.17. The number of Topliss-reactive ketones (excluding diaryl/α,β-unsaturated/α-hetero) is 1. The van der Waals surface area contributed by atoms with E-state index in [4.69, 9.17) is 0 Å². The van der Waals surface area contributed by atoms with E-state index in [-0.39, 0.29) is 30.7 Å². The third-order valence-corrected chi connectivity index (χ3v) is 2.35. The number of amides is 2. The molecule has 0 aromatic carbocycles. The van der Waals surface area contributed by atoms with E-state index >= 15 is 0 Å². The van der Waals surface area contributed by atoms with Crippen molar-refractivity contribution in [2.75, 3.05) is 13.1 Å². The van der Waals surface area contributed by atoms with Crippen LogP contribution in [-0.4, -0.2) is 41.1 Å². The minimum atomic E-state index is -0.792. The lowest BCUT2D eigenvalue weighted by atomic mass is 9.98. The van der Waals surface area contributed by atoms with Crippen LogP contribution in [0.5, 0.6) is 0 Å². The van der Waals surface area contributed by atoms with Gasteiger partial charge in [0.25, 0.3) is 0 Å². The summed E-state index contributed by atoms with van der Waals surface area (Å²) in [5.74, 6) is -0.758. The maximum absolute atomic E-state index is 11.4. The molecule has 1 saturated heterocycles. The van der Waals surface area contributed by atoms with Gasteiger partial charge in [-0.15, -0.1) is 0 Å². The van der Waals surface area contributed by atoms with Crippen molar-refractivity contribution in [3.63, 3.8) is 0 Å². The van der Waals surface area contributed by atoms with Crippen molar-refractivity contribution in [3.05, 3.63) is 0 Å². The van der Waals surface area contributed by atoms with E-state index in [9.17, 15) is 14.4 Å². The Balaban J connectivity index is 2.84. The second kappa shape index (κ2) is 3.49. The first-order valence-corrected chi connectivity index (χ1v) is 4.43. The van der Waals surface area contributed by atoms with E-state index in [2.05, 4.69) is 5.32 Å². The lowest BCUT2D eigenvalue weighted by molar-refractivity contribution is -0.145. The molecule has 1 N–H and O–H groups in total. The Bertz CT molecular complexity index is 294. The Labute approximate surface area is 82.4 Å². The Hall–Kier alpha value is -1.23. The van der Waals surface area contributed by atoms with Crippen LogP contribution in [0, 0.1) is 0 Å². The number of carbonyl (C=O) groups is 3. The van der Waals surface area contributed by atoms with Gasteiger partial charge in [-0.05, 0) is 20.8 Å². The molecule has 1 aliphatic rings. The second-order valence-electron chi connectivity index (χ2n) is 3.99. The van der Waals surface area contributed by atoms with Gasteiger partial charge in [0.2, 0.25) is 11.8 Å². The fourth-order valence-corrected chi connectivity index (χ4v) is 1.36. The van der Waals surface area contributed by atoms with Crippen LogP contribution >= 0.6 is 0 Å². The van der Waals surface area contributed by atoms with Crippen molar-refractivity contribution in [3.8, 4) is 0 Å². The molecule has 0 saturated carbocycles. The molecule has 14 heavy (non-hydrogen) atoms. The lowest BCUT2D eigenvalue weighted by Gasteiger charge is -2.39. The molecular formula is C9H14N2O3. The average molecular weight is 198 g/mol. The Kier molecular flexibility index (Phi) is 2.71. The number of nitrogens with one attached hydrogen (secondary N) is 1. The Morgan fingerprint density at radius 3 is 2.57 bits per heavy atom. The molecule has 0 aromatic heterocycles. The highest BCUT2D eigenvalue weighted by molar-refractivity contribution is 6.03. The molecule has 5 heteroatoms. The minimum absolute atomic E-state index is 0.0550. The summed E-state index contributed by atoms with van der Waals surface area (Å²) >= 11 is 0. The minimum Gasteiger partial charge on any atom is -0.299 e. The molecule has 1 rings (SSSR count). The zero-order valence-corrected chi connectivity index (χ0v) is 8.59. The van der Waals surface area contributed by atoms with Gasteiger partial charge >= 0.3 is 0 Å². The van der Waals surface area contributed by atoms with Gasteiger partial charge in [-0.2, -0.15) is 0 Å². The molecule has 0 spiro atoms. The van der Waals surface area contributed by atoms with Crippen molar-refractivity contribution in [1.82, 2.24) is 10.2 Å². The number of imide groups is 1. The van der Waals surface area contributed by atoms with Crippen LogP contribution in [0.15, 0.2) is 0 Å².